The van der Waals surface area contributed by atoms with Gasteiger partial charge < -0.3 is 10.6 Å². The Labute approximate surface area is 137 Å². The van der Waals surface area contributed by atoms with Gasteiger partial charge >= 0.3 is 6.03 Å². The SMILES string of the molecule is O=C(NCCS(=O)(=O)NCc1cccs1)NCc1cccs1. The van der Waals surface area contributed by atoms with Gasteiger partial charge in [-0.2, -0.15) is 0 Å². The largest absolute Gasteiger partial charge is 0.337 e. The number of carbonyl (C=O) groups excluding carboxylic acids is 1. The Morgan fingerprint density at radius 3 is 2.23 bits per heavy atom. The molecule has 0 bridgehead atoms. The van der Waals surface area contributed by atoms with Crippen LogP contribution in [0.3, 0.4) is 0 Å². The number of carbonyl (C=O) groups is 1. The highest BCUT2D eigenvalue weighted by molar-refractivity contribution is 7.89. The predicted octanol–water partition coefficient (Wildman–Crippen LogP) is 1.73. The molecule has 22 heavy (non-hydrogen) atoms. The molecule has 2 amide bonds. The summed E-state index contributed by atoms with van der Waals surface area (Å²) in [5.74, 6) is -0.148. The lowest BCUT2D eigenvalue weighted by atomic mass is 10.5. The number of hydrogen-bond donors (Lipinski definition) is 3. The van der Waals surface area contributed by atoms with Gasteiger partial charge in [-0.15, -0.1) is 22.7 Å². The maximum absolute atomic E-state index is 11.8. The van der Waals surface area contributed by atoms with E-state index in [9.17, 15) is 13.2 Å². The predicted molar refractivity (Wildman–Crippen MR) is 89.5 cm³/mol. The smallest absolute Gasteiger partial charge is 0.315 e. The van der Waals surface area contributed by atoms with Crippen molar-refractivity contribution in [3.05, 3.63) is 44.8 Å². The summed E-state index contributed by atoms with van der Waals surface area (Å²) < 4.78 is 26.1. The van der Waals surface area contributed by atoms with E-state index in [4.69, 9.17) is 0 Å². The van der Waals surface area contributed by atoms with Crippen LogP contribution in [0.25, 0.3) is 0 Å². The average molecular weight is 359 g/mol. The van der Waals surface area contributed by atoms with Gasteiger partial charge in [0.05, 0.1) is 12.3 Å². The number of thiophene rings is 2. The Hall–Kier alpha value is -1.42. The fraction of sp³-hybridized carbons (Fsp3) is 0.308. The van der Waals surface area contributed by atoms with E-state index < -0.39 is 10.0 Å². The summed E-state index contributed by atoms with van der Waals surface area (Å²) >= 11 is 3.04. The van der Waals surface area contributed by atoms with Gasteiger partial charge in [0, 0.05) is 22.8 Å². The minimum Gasteiger partial charge on any atom is -0.337 e. The van der Waals surface area contributed by atoms with Crippen molar-refractivity contribution in [1.82, 2.24) is 15.4 Å². The zero-order valence-electron chi connectivity index (χ0n) is 11.7. The van der Waals surface area contributed by atoms with Crippen molar-refractivity contribution >= 4 is 38.7 Å². The minimum atomic E-state index is -3.40. The van der Waals surface area contributed by atoms with Crippen LogP contribution in [0.15, 0.2) is 35.0 Å². The van der Waals surface area contributed by atoms with Crippen LogP contribution in [0.2, 0.25) is 0 Å². The maximum atomic E-state index is 11.8. The van der Waals surface area contributed by atoms with Crippen LogP contribution in [0.4, 0.5) is 4.79 Å². The lowest BCUT2D eigenvalue weighted by molar-refractivity contribution is 0.241. The number of nitrogens with one attached hydrogen (secondary N) is 3. The van der Waals surface area contributed by atoms with Crippen LogP contribution in [0, 0.1) is 0 Å². The highest BCUT2D eigenvalue weighted by Gasteiger charge is 2.11. The van der Waals surface area contributed by atoms with Gasteiger partial charge in [-0.1, -0.05) is 12.1 Å². The highest BCUT2D eigenvalue weighted by atomic mass is 32.2. The molecule has 6 nitrogen and oxygen atoms in total. The number of sulfonamides is 1. The molecular formula is C13H17N3O3S3. The van der Waals surface area contributed by atoms with Crippen LogP contribution in [0.1, 0.15) is 9.75 Å². The fourth-order valence-corrected chi connectivity index (χ4v) is 3.88. The number of amides is 2. The van der Waals surface area contributed by atoms with E-state index in [1.807, 2.05) is 35.0 Å². The molecule has 0 atom stereocenters. The van der Waals surface area contributed by atoms with Crippen LogP contribution in [-0.2, 0) is 23.1 Å². The lowest BCUT2D eigenvalue weighted by Gasteiger charge is -2.08. The summed E-state index contributed by atoms with van der Waals surface area (Å²) in [5, 5.41) is 9.03. The summed E-state index contributed by atoms with van der Waals surface area (Å²) in [6, 6.07) is 7.19. The molecule has 0 aliphatic heterocycles. The van der Waals surface area contributed by atoms with Crippen molar-refractivity contribution in [2.75, 3.05) is 12.3 Å². The first-order valence-electron chi connectivity index (χ1n) is 6.59. The van der Waals surface area contributed by atoms with Crippen LogP contribution in [-0.4, -0.2) is 26.7 Å². The molecule has 0 saturated heterocycles. The Bertz CT molecular complexity index is 667. The molecule has 2 aromatic heterocycles. The number of urea groups is 1. The monoisotopic (exact) mass is 359 g/mol. The van der Waals surface area contributed by atoms with E-state index in [1.54, 1.807) is 11.3 Å². The molecule has 0 aliphatic rings. The highest BCUT2D eigenvalue weighted by Crippen LogP contribution is 2.08. The van der Waals surface area contributed by atoms with Crippen molar-refractivity contribution in [2.24, 2.45) is 0 Å². The lowest BCUT2D eigenvalue weighted by Crippen LogP contribution is -2.39. The molecule has 0 saturated carbocycles. The number of rotatable bonds is 8. The summed E-state index contributed by atoms with van der Waals surface area (Å²) in [6.45, 7) is 0.785. The molecule has 0 radical (unpaired) electrons. The van der Waals surface area contributed by atoms with Gasteiger partial charge in [-0.25, -0.2) is 17.9 Å². The van der Waals surface area contributed by atoms with Crippen molar-refractivity contribution in [1.29, 1.82) is 0 Å². The first-order valence-corrected chi connectivity index (χ1v) is 10.00. The Balaban J connectivity index is 1.63. The average Bonchev–Trinajstić information content (AvgIpc) is 3.16. The molecule has 0 aromatic carbocycles. The molecule has 2 rings (SSSR count). The molecular weight excluding hydrogens is 342 g/mol. The van der Waals surface area contributed by atoms with Crippen LogP contribution < -0.4 is 15.4 Å². The second kappa shape index (κ2) is 8.28. The quantitative estimate of drug-likeness (QED) is 0.671. The van der Waals surface area contributed by atoms with E-state index in [0.717, 1.165) is 9.75 Å². The van der Waals surface area contributed by atoms with Crippen LogP contribution >= 0.6 is 22.7 Å². The van der Waals surface area contributed by atoms with Gasteiger partial charge in [0.2, 0.25) is 10.0 Å². The first-order chi connectivity index (χ1) is 10.6. The Kier molecular flexibility index (Phi) is 6.37. The first kappa shape index (κ1) is 16.9. The van der Waals surface area contributed by atoms with Gasteiger partial charge in [0.1, 0.15) is 0 Å². The topological polar surface area (TPSA) is 87.3 Å². The van der Waals surface area contributed by atoms with E-state index in [0.29, 0.717) is 6.54 Å². The molecule has 120 valence electrons. The summed E-state index contributed by atoms with van der Waals surface area (Å²) in [5.41, 5.74) is 0. The van der Waals surface area contributed by atoms with E-state index in [-0.39, 0.29) is 24.9 Å². The third-order valence-corrected chi connectivity index (χ3v) is 5.78. The zero-order valence-corrected chi connectivity index (χ0v) is 14.2. The molecule has 0 spiro atoms. The summed E-state index contributed by atoms with van der Waals surface area (Å²) in [6.07, 6.45) is 0. The zero-order chi connectivity index (χ0) is 15.8. The minimum absolute atomic E-state index is 0.0655. The fourth-order valence-electron chi connectivity index (χ4n) is 1.61. The van der Waals surface area contributed by atoms with Crippen molar-refractivity contribution in [3.63, 3.8) is 0 Å². The second-order valence-corrected chi connectivity index (χ2v) is 8.40. The third-order valence-electron chi connectivity index (χ3n) is 2.71. The van der Waals surface area contributed by atoms with Gasteiger partial charge in [0.15, 0.2) is 0 Å². The third kappa shape index (κ3) is 6.14. The molecule has 0 fully saturated rings. The van der Waals surface area contributed by atoms with Gasteiger partial charge in [-0.3, -0.25) is 0 Å². The van der Waals surface area contributed by atoms with E-state index >= 15 is 0 Å². The normalized spacial score (nSPS) is 11.3. The Morgan fingerprint density at radius 2 is 1.64 bits per heavy atom. The second-order valence-electron chi connectivity index (χ2n) is 4.41. The Morgan fingerprint density at radius 1 is 1.00 bits per heavy atom. The molecule has 0 aliphatic carbocycles. The standard InChI is InChI=1S/C13H17N3O3S3/c17-13(15-9-11-3-1-6-20-11)14-5-8-22(18,19)16-10-12-4-2-7-21-12/h1-4,6-7,16H,5,8-10H2,(H2,14,15,17). The summed E-state index contributed by atoms with van der Waals surface area (Å²) in [4.78, 5) is 13.5. The van der Waals surface area contributed by atoms with Crippen molar-refractivity contribution in [2.45, 2.75) is 13.1 Å². The molecule has 9 heteroatoms. The van der Waals surface area contributed by atoms with Gasteiger partial charge in [0.25, 0.3) is 0 Å². The van der Waals surface area contributed by atoms with Crippen molar-refractivity contribution < 1.29 is 13.2 Å². The molecule has 3 N–H and O–H groups in total. The molecule has 2 heterocycles. The van der Waals surface area contributed by atoms with E-state index in [1.165, 1.54) is 11.3 Å². The molecule has 2 aromatic rings. The van der Waals surface area contributed by atoms with Crippen molar-refractivity contribution in [3.8, 4) is 0 Å². The summed E-state index contributed by atoms with van der Waals surface area (Å²) in [7, 11) is -3.40. The number of hydrogen-bond acceptors (Lipinski definition) is 5. The van der Waals surface area contributed by atoms with E-state index in [2.05, 4.69) is 15.4 Å². The maximum Gasteiger partial charge on any atom is 0.315 e. The molecule has 0 unspecified atom stereocenters. The van der Waals surface area contributed by atoms with Crippen LogP contribution in [0.5, 0.6) is 0 Å². The van der Waals surface area contributed by atoms with Gasteiger partial charge in [-0.05, 0) is 22.9 Å².